The highest BCUT2D eigenvalue weighted by atomic mass is 16.2. The van der Waals surface area contributed by atoms with Crippen LogP contribution in [-0.4, -0.2) is 43.5 Å². The summed E-state index contributed by atoms with van der Waals surface area (Å²) in [4.78, 5) is 26.8. The third-order valence-corrected chi connectivity index (χ3v) is 3.20. The lowest BCUT2D eigenvalue weighted by atomic mass is 10.2. The fourth-order valence-corrected chi connectivity index (χ4v) is 2.08. The van der Waals surface area contributed by atoms with E-state index in [0.29, 0.717) is 13.0 Å². The molecule has 19 heavy (non-hydrogen) atoms. The van der Waals surface area contributed by atoms with Crippen molar-refractivity contribution in [2.24, 2.45) is 0 Å². The molecule has 0 radical (unpaired) electrons. The Morgan fingerprint density at radius 2 is 1.95 bits per heavy atom. The van der Waals surface area contributed by atoms with E-state index in [2.05, 4.69) is 5.32 Å². The van der Waals surface area contributed by atoms with Crippen molar-refractivity contribution in [3.05, 3.63) is 29.8 Å². The minimum atomic E-state index is -0.163. The van der Waals surface area contributed by atoms with E-state index in [9.17, 15) is 9.59 Å². The molecule has 0 unspecified atom stereocenters. The van der Waals surface area contributed by atoms with Gasteiger partial charge in [-0.05, 0) is 19.1 Å². The third kappa shape index (κ3) is 3.05. The maximum atomic E-state index is 12.0. The minimum absolute atomic E-state index is 0.0490. The first-order valence-electron chi connectivity index (χ1n) is 6.32. The molecule has 1 aromatic carbocycles. The lowest BCUT2D eigenvalue weighted by Gasteiger charge is -2.19. The normalized spacial score (nSPS) is 18.6. The highest BCUT2D eigenvalue weighted by Gasteiger charge is 2.31. The molecular weight excluding hydrogens is 242 g/mol. The summed E-state index contributed by atoms with van der Waals surface area (Å²) in [6.07, 6.45) is 0.355. The molecular formula is C14H19N3O2. The number of benzene rings is 1. The molecule has 3 amide bonds. The van der Waals surface area contributed by atoms with Crippen molar-refractivity contribution in [3.63, 3.8) is 0 Å². The van der Waals surface area contributed by atoms with Gasteiger partial charge in [-0.3, -0.25) is 4.79 Å². The summed E-state index contributed by atoms with van der Waals surface area (Å²) in [6.45, 7) is 2.54. The topological polar surface area (TPSA) is 52.7 Å². The molecule has 1 aliphatic heterocycles. The number of rotatable bonds is 2. The SMILES string of the molecule is Cc1ccc(N2C[C@H](NC(=O)N(C)C)CC2=O)cc1. The zero-order valence-electron chi connectivity index (χ0n) is 11.5. The number of nitrogens with one attached hydrogen (secondary N) is 1. The van der Waals surface area contributed by atoms with Crippen LogP contribution in [0, 0.1) is 6.92 Å². The Morgan fingerprint density at radius 1 is 1.32 bits per heavy atom. The number of aryl methyl sites for hydroxylation is 1. The fourth-order valence-electron chi connectivity index (χ4n) is 2.08. The first kappa shape index (κ1) is 13.4. The number of anilines is 1. The van der Waals surface area contributed by atoms with Gasteiger partial charge < -0.3 is 15.1 Å². The van der Waals surface area contributed by atoms with Crippen LogP contribution in [0.5, 0.6) is 0 Å². The average molecular weight is 261 g/mol. The molecule has 1 saturated heterocycles. The van der Waals surface area contributed by atoms with E-state index in [0.717, 1.165) is 11.3 Å². The minimum Gasteiger partial charge on any atom is -0.333 e. The molecule has 1 atom stereocenters. The van der Waals surface area contributed by atoms with Crippen molar-refractivity contribution in [2.75, 3.05) is 25.5 Å². The van der Waals surface area contributed by atoms with Crippen LogP contribution in [0.15, 0.2) is 24.3 Å². The lowest BCUT2D eigenvalue weighted by Crippen LogP contribution is -2.42. The van der Waals surface area contributed by atoms with Crippen molar-refractivity contribution in [1.82, 2.24) is 10.2 Å². The molecule has 1 N–H and O–H groups in total. The van der Waals surface area contributed by atoms with E-state index in [-0.39, 0.29) is 18.0 Å². The summed E-state index contributed by atoms with van der Waals surface area (Å²) >= 11 is 0. The molecule has 1 aliphatic rings. The summed E-state index contributed by atoms with van der Waals surface area (Å²) < 4.78 is 0. The van der Waals surface area contributed by atoms with Crippen LogP contribution >= 0.6 is 0 Å². The number of hydrogen-bond donors (Lipinski definition) is 1. The van der Waals surface area contributed by atoms with Gasteiger partial charge in [0, 0.05) is 32.7 Å². The van der Waals surface area contributed by atoms with Crippen molar-refractivity contribution in [1.29, 1.82) is 0 Å². The van der Waals surface area contributed by atoms with E-state index in [1.807, 2.05) is 31.2 Å². The van der Waals surface area contributed by atoms with Crippen molar-refractivity contribution in [2.45, 2.75) is 19.4 Å². The molecule has 1 fully saturated rings. The van der Waals surface area contributed by atoms with Gasteiger partial charge in [-0.1, -0.05) is 17.7 Å². The predicted molar refractivity (Wildman–Crippen MR) is 74.2 cm³/mol. The van der Waals surface area contributed by atoms with E-state index in [1.54, 1.807) is 19.0 Å². The number of urea groups is 1. The van der Waals surface area contributed by atoms with Crippen LogP contribution in [0.1, 0.15) is 12.0 Å². The standard InChI is InChI=1S/C14H19N3O2/c1-10-4-6-12(7-5-10)17-9-11(8-13(17)18)15-14(19)16(2)3/h4-7,11H,8-9H2,1-3H3,(H,15,19)/t11-/m1/s1. The van der Waals surface area contributed by atoms with Gasteiger partial charge in [-0.15, -0.1) is 0 Å². The monoisotopic (exact) mass is 261 g/mol. The second-order valence-corrected chi connectivity index (χ2v) is 5.08. The average Bonchev–Trinajstić information content (AvgIpc) is 2.71. The quantitative estimate of drug-likeness (QED) is 0.874. The molecule has 0 saturated carbocycles. The second kappa shape index (κ2) is 5.30. The zero-order valence-corrected chi connectivity index (χ0v) is 11.5. The summed E-state index contributed by atoms with van der Waals surface area (Å²) in [5.41, 5.74) is 2.05. The summed E-state index contributed by atoms with van der Waals surface area (Å²) in [7, 11) is 3.37. The van der Waals surface area contributed by atoms with E-state index in [1.165, 1.54) is 4.90 Å². The summed E-state index contributed by atoms with van der Waals surface area (Å²) in [6, 6.07) is 7.54. The number of nitrogens with zero attached hydrogens (tertiary/aromatic N) is 2. The summed E-state index contributed by atoms with van der Waals surface area (Å²) in [5, 5.41) is 2.84. The molecule has 5 nitrogen and oxygen atoms in total. The number of amides is 3. The Bertz CT molecular complexity index is 482. The second-order valence-electron chi connectivity index (χ2n) is 5.08. The largest absolute Gasteiger partial charge is 0.333 e. The zero-order chi connectivity index (χ0) is 14.0. The Kier molecular flexibility index (Phi) is 3.74. The number of hydrogen-bond acceptors (Lipinski definition) is 2. The number of carbonyl (C=O) groups is 2. The Morgan fingerprint density at radius 3 is 2.53 bits per heavy atom. The van der Waals surface area contributed by atoms with Gasteiger partial charge in [0.2, 0.25) is 5.91 Å². The van der Waals surface area contributed by atoms with Gasteiger partial charge in [0.25, 0.3) is 0 Å². The molecule has 0 spiro atoms. The van der Waals surface area contributed by atoms with E-state index < -0.39 is 0 Å². The first-order chi connectivity index (χ1) is 8.97. The smallest absolute Gasteiger partial charge is 0.317 e. The predicted octanol–water partition coefficient (Wildman–Crippen LogP) is 1.37. The number of carbonyl (C=O) groups excluding carboxylic acids is 2. The molecule has 5 heteroatoms. The fraction of sp³-hybridized carbons (Fsp3) is 0.429. The Balaban J connectivity index is 2.03. The van der Waals surface area contributed by atoms with Crippen LogP contribution in [0.3, 0.4) is 0 Å². The molecule has 2 rings (SSSR count). The Hall–Kier alpha value is -2.04. The van der Waals surface area contributed by atoms with Gasteiger partial charge >= 0.3 is 6.03 Å². The lowest BCUT2D eigenvalue weighted by molar-refractivity contribution is -0.117. The Labute approximate surface area is 113 Å². The molecule has 0 bridgehead atoms. The molecule has 0 aliphatic carbocycles. The van der Waals surface area contributed by atoms with Crippen LogP contribution in [0.2, 0.25) is 0 Å². The van der Waals surface area contributed by atoms with Gasteiger partial charge in [0.15, 0.2) is 0 Å². The highest BCUT2D eigenvalue weighted by molar-refractivity contribution is 5.96. The molecule has 1 aromatic rings. The van der Waals surface area contributed by atoms with Crippen LogP contribution in [0.4, 0.5) is 10.5 Å². The van der Waals surface area contributed by atoms with E-state index in [4.69, 9.17) is 0 Å². The van der Waals surface area contributed by atoms with E-state index >= 15 is 0 Å². The van der Waals surface area contributed by atoms with Crippen molar-refractivity contribution < 1.29 is 9.59 Å². The van der Waals surface area contributed by atoms with Gasteiger partial charge in [0.05, 0.1) is 6.04 Å². The van der Waals surface area contributed by atoms with Gasteiger partial charge in [-0.2, -0.15) is 0 Å². The van der Waals surface area contributed by atoms with Crippen LogP contribution in [-0.2, 0) is 4.79 Å². The highest BCUT2D eigenvalue weighted by Crippen LogP contribution is 2.21. The van der Waals surface area contributed by atoms with Crippen molar-refractivity contribution in [3.8, 4) is 0 Å². The van der Waals surface area contributed by atoms with Gasteiger partial charge in [-0.25, -0.2) is 4.79 Å². The van der Waals surface area contributed by atoms with Crippen LogP contribution in [0.25, 0.3) is 0 Å². The molecule has 0 aromatic heterocycles. The maximum Gasteiger partial charge on any atom is 0.317 e. The maximum absolute atomic E-state index is 12.0. The van der Waals surface area contributed by atoms with Crippen molar-refractivity contribution >= 4 is 17.6 Å². The molecule has 1 heterocycles. The third-order valence-electron chi connectivity index (χ3n) is 3.20. The molecule has 102 valence electrons. The van der Waals surface area contributed by atoms with Crippen LogP contribution < -0.4 is 10.2 Å². The first-order valence-corrected chi connectivity index (χ1v) is 6.32. The summed E-state index contributed by atoms with van der Waals surface area (Å²) in [5.74, 6) is 0.0490. The van der Waals surface area contributed by atoms with Gasteiger partial charge in [0.1, 0.15) is 0 Å².